The van der Waals surface area contributed by atoms with Crippen LogP contribution in [0.4, 0.5) is 0 Å². The molecule has 4 saturated carbocycles. The Kier molecular flexibility index (Phi) is 6.01. The first-order valence-electron chi connectivity index (χ1n) is 13.3. The van der Waals surface area contributed by atoms with Crippen LogP contribution in [0.1, 0.15) is 119 Å². The van der Waals surface area contributed by atoms with Gasteiger partial charge in [-0.1, -0.05) is 54.4 Å². The van der Waals surface area contributed by atoms with Crippen molar-refractivity contribution in [3.05, 3.63) is 0 Å². The van der Waals surface area contributed by atoms with E-state index in [9.17, 15) is 0 Å². The lowest BCUT2D eigenvalue weighted by Gasteiger charge is -2.61. The highest BCUT2D eigenvalue weighted by molar-refractivity contribution is 5.09. The second-order valence-corrected chi connectivity index (χ2v) is 13.1. The molecule has 4 aliphatic rings. The molecule has 0 amide bonds. The number of hydrogen-bond acceptors (Lipinski definition) is 0. The van der Waals surface area contributed by atoms with Gasteiger partial charge in [-0.05, 0) is 122 Å². The summed E-state index contributed by atoms with van der Waals surface area (Å²) in [6.07, 6.45) is 18.4. The highest BCUT2D eigenvalue weighted by Gasteiger charge is 2.60. The van der Waals surface area contributed by atoms with E-state index in [4.69, 9.17) is 0 Å². The number of fused-ring (bicyclic) bond motifs is 5. The Morgan fingerprint density at radius 3 is 2.21 bits per heavy atom. The van der Waals surface area contributed by atoms with Crippen LogP contribution < -0.4 is 0 Å². The maximum atomic E-state index is 2.75. The van der Waals surface area contributed by atoms with Crippen LogP contribution in [-0.2, 0) is 0 Å². The second-order valence-electron chi connectivity index (χ2n) is 13.1. The average Bonchev–Trinajstić information content (AvgIpc) is 2.97. The lowest BCUT2D eigenvalue weighted by molar-refractivity contribution is -0.114. The van der Waals surface area contributed by atoms with E-state index in [2.05, 4.69) is 41.5 Å². The molecule has 0 spiro atoms. The van der Waals surface area contributed by atoms with Gasteiger partial charge in [-0.15, -0.1) is 0 Å². The summed E-state index contributed by atoms with van der Waals surface area (Å²) in [5, 5.41) is 0. The zero-order valence-electron chi connectivity index (χ0n) is 20.1. The van der Waals surface area contributed by atoms with Crippen molar-refractivity contribution in [2.24, 2.45) is 58.2 Å². The van der Waals surface area contributed by atoms with E-state index < -0.39 is 0 Å². The third-order valence-electron chi connectivity index (χ3n) is 11.0. The highest BCUT2D eigenvalue weighted by Crippen LogP contribution is 2.68. The van der Waals surface area contributed by atoms with Gasteiger partial charge in [0.1, 0.15) is 0 Å². The highest BCUT2D eigenvalue weighted by atomic mass is 14.6. The quantitative estimate of drug-likeness (QED) is 0.443. The molecule has 0 heteroatoms. The Morgan fingerprint density at radius 2 is 1.46 bits per heavy atom. The lowest BCUT2D eigenvalue weighted by atomic mass is 9.44. The van der Waals surface area contributed by atoms with Gasteiger partial charge in [0, 0.05) is 0 Å². The van der Waals surface area contributed by atoms with Crippen LogP contribution in [0.3, 0.4) is 0 Å². The van der Waals surface area contributed by atoms with Crippen molar-refractivity contribution in [3.8, 4) is 0 Å². The molecule has 0 aromatic heterocycles. The fourth-order valence-electron chi connectivity index (χ4n) is 9.97. The Bertz CT molecular complexity index is 534. The van der Waals surface area contributed by atoms with Crippen LogP contribution in [0.25, 0.3) is 0 Å². The van der Waals surface area contributed by atoms with Crippen LogP contribution in [-0.4, -0.2) is 0 Å². The third kappa shape index (κ3) is 3.51. The molecule has 0 aromatic carbocycles. The van der Waals surface area contributed by atoms with Crippen LogP contribution in [0.15, 0.2) is 0 Å². The van der Waals surface area contributed by atoms with Gasteiger partial charge in [-0.3, -0.25) is 0 Å². The van der Waals surface area contributed by atoms with Crippen LogP contribution in [0.2, 0.25) is 0 Å². The van der Waals surface area contributed by atoms with Gasteiger partial charge in [0.05, 0.1) is 0 Å². The van der Waals surface area contributed by atoms with Crippen molar-refractivity contribution < 1.29 is 0 Å². The topological polar surface area (TPSA) is 0 Å². The Morgan fingerprint density at radius 1 is 0.714 bits per heavy atom. The fraction of sp³-hybridized carbons (Fsp3) is 1.00. The minimum absolute atomic E-state index is 0.663. The Hall–Kier alpha value is 0. The monoisotopic (exact) mass is 386 g/mol. The summed E-state index contributed by atoms with van der Waals surface area (Å²) in [6.45, 7) is 15.4. The summed E-state index contributed by atoms with van der Waals surface area (Å²) in [4.78, 5) is 0. The molecule has 0 N–H and O–H groups in total. The second kappa shape index (κ2) is 7.92. The maximum Gasteiger partial charge on any atom is -0.0264 e. The van der Waals surface area contributed by atoms with Gasteiger partial charge >= 0.3 is 0 Å². The van der Waals surface area contributed by atoms with Crippen LogP contribution in [0.5, 0.6) is 0 Å². The largest absolute Gasteiger partial charge is 0.0628 e. The zero-order chi connectivity index (χ0) is 20.1. The normalized spacial score (nSPS) is 47.9. The van der Waals surface area contributed by atoms with Gasteiger partial charge in [0.2, 0.25) is 0 Å². The molecule has 0 nitrogen and oxygen atoms in total. The molecule has 0 saturated heterocycles. The summed E-state index contributed by atoms with van der Waals surface area (Å²) in [7, 11) is 0. The zero-order valence-corrected chi connectivity index (χ0v) is 20.1. The van der Waals surface area contributed by atoms with E-state index in [1.807, 2.05) is 0 Å². The number of rotatable bonds is 5. The van der Waals surface area contributed by atoms with E-state index in [0.717, 1.165) is 47.3 Å². The smallest absolute Gasteiger partial charge is 0.0264 e. The van der Waals surface area contributed by atoms with Crippen molar-refractivity contribution in [2.45, 2.75) is 119 Å². The Labute approximate surface area is 177 Å². The average molecular weight is 387 g/mol. The van der Waals surface area contributed by atoms with Gasteiger partial charge in [0.15, 0.2) is 0 Å². The predicted octanol–water partition coefficient (Wildman–Crippen LogP) is 8.74. The van der Waals surface area contributed by atoms with E-state index in [1.165, 1.54) is 25.7 Å². The molecule has 0 aliphatic heterocycles. The van der Waals surface area contributed by atoms with Crippen molar-refractivity contribution in [3.63, 3.8) is 0 Å². The first kappa shape index (κ1) is 21.2. The summed E-state index contributed by atoms with van der Waals surface area (Å²) < 4.78 is 0. The minimum atomic E-state index is 0.663. The lowest BCUT2D eigenvalue weighted by Crippen LogP contribution is -2.53. The standard InChI is InChI=1S/C28H50/c1-19(2)17-20(3)18-21(4)24-12-13-25-23-11-10-22-9-7-8-15-27(22,5)26(23)14-16-28(24,25)6/h19-26H,7-18H2,1-6H3/t20?,21-,22?,23+,24-,25+,26+,27+,28-/m1/s1. The van der Waals surface area contributed by atoms with Crippen molar-refractivity contribution in [1.29, 1.82) is 0 Å². The third-order valence-corrected chi connectivity index (χ3v) is 11.0. The van der Waals surface area contributed by atoms with Gasteiger partial charge < -0.3 is 0 Å². The van der Waals surface area contributed by atoms with Gasteiger partial charge in [-0.25, -0.2) is 0 Å². The molecule has 0 bridgehead atoms. The first-order valence-corrected chi connectivity index (χ1v) is 13.3. The van der Waals surface area contributed by atoms with Crippen LogP contribution >= 0.6 is 0 Å². The minimum Gasteiger partial charge on any atom is -0.0628 e. The molecule has 0 heterocycles. The van der Waals surface area contributed by atoms with E-state index in [0.29, 0.717) is 10.8 Å². The Balaban J connectivity index is 1.47. The SMILES string of the molecule is CC(C)CC(C)C[C@@H](C)[C@H]1CC[C@H]2[C@@H]3CCC4CCCC[C@]4(C)[C@H]3CC[C@]12C. The van der Waals surface area contributed by atoms with Gasteiger partial charge in [0.25, 0.3) is 0 Å². The molecule has 0 radical (unpaired) electrons. The summed E-state index contributed by atoms with van der Waals surface area (Å²) in [5.74, 6) is 7.97. The van der Waals surface area contributed by atoms with Crippen molar-refractivity contribution in [1.82, 2.24) is 0 Å². The number of hydrogen-bond donors (Lipinski definition) is 0. The van der Waals surface area contributed by atoms with Crippen molar-refractivity contribution >= 4 is 0 Å². The van der Waals surface area contributed by atoms with E-state index in [-0.39, 0.29) is 0 Å². The summed E-state index contributed by atoms with van der Waals surface area (Å²) in [6, 6.07) is 0. The van der Waals surface area contributed by atoms with E-state index >= 15 is 0 Å². The van der Waals surface area contributed by atoms with Crippen LogP contribution in [0, 0.1) is 58.2 Å². The molecule has 0 aromatic rings. The van der Waals surface area contributed by atoms with Crippen molar-refractivity contribution in [2.75, 3.05) is 0 Å². The molecule has 2 unspecified atom stereocenters. The molecule has 9 atom stereocenters. The summed E-state index contributed by atoms with van der Waals surface area (Å²) >= 11 is 0. The molecular formula is C28H50. The first-order chi connectivity index (χ1) is 13.3. The predicted molar refractivity (Wildman–Crippen MR) is 122 cm³/mol. The molecular weight excluding hydrogens is 336 g/mol. The molecule has 4 aliphatic carbocycles. The summed E-state index contributed by atoms with van der Waals surface area (Å²) in [5.41, 5.74) is 1.37. The molecule has 4 rings (SSSR count). The fourth-order valence-corrected chi connectivity index (χ4v) is 9.97. The maximum absolute atomic E-state index is 2.75. The van der Waals surface area contributed by atoms with E-state index in [1.54, 1.807) is 51.4 Å². The molecule has 4 fully saturated rings. The van der Waals surface area contributed by atoms with Gasteiger partial charge in [-0.2, -0.15) is 0 Å². The molecule has 28 heavy (non-hydrogen) atoms. The molecule has 162 valence electrons.